The van der Waals surface area contributed by atoms with E-state index in [0.717, 1.165) is 5.56 Å². The summed E-state index contributed by atoms with van der Waals surface area (Å²) in [6.07, 6.45) is 0.196. The number of methoxy groups -OCH3 is 1. The van der Waals surface area contributed by atoms with Crippen LogP contribution < -0.4 is 20.7 Å². The molecule has 2 aromatic rings. The van der Waals surface area contributed by atoms with Crippen molar-refractivity contribution in [2.75, 3.05) is 24.4 Å². The number of benzene rings is 2. The van der Waals surface area contributed by atoms with Crippen LogP contribution in [0, 0.1) is 0 Å². The number of rotatable bonds is 7. The van der Waals surface area contributed by atoms with Crippen molar-refractivity contribution in [2.24, 2.45) is 0 Å². The van der Waals surface area contributed by atoms with Crippen LogP contribution in [0.4, 0.5) is 16.2 Å². The normalized spacial score (nSPS) is 10.8. The number of carbonyl (C=O) groups is 2. The van der Waals surface area contributed by atoms with Gasteiger partial charge in [0.1, 0.15) is 5.75 Å². The first-order valence-corrected chi connectivity index (χ1v) is 8.54. The van der Waals surface area contributed by atoms with Gasteiger partial charge in [-0.2, -0.15) is 0 Å². The molecule has 0 bridgehead atoms. The molecular formula is C20H25N3O4. The summed E-state index contributed by atoms with van der Waals surface area (Å²) in [6.45, 7) is 3.36. The Labute approximate surface area is 158 Å². The van der Waals surface area contributed by atoms with Gasteiger partial charge < -0.3 is 25.8 Å². The van der Waals surface area contributed by atoms with Gasteiger partial charge in [0.15, 0.2) is 0 Å². The summed E-state index contributed by atoms with van der Waals surface area (Å²) in [5.41, 5.74) is 1.41. The molecule has 0 aliphatic heterocycles. The highest BCUT2D eigenvalue weighted by atomic mass is 16.5. The Kier molecular flexibility index (Phi) is 6.79. The smallest absolute Gasteiger partial charge is 0.323 e. The van der Waals surface area contributed by atoms with E-state index in [0.29, 0.717) is 17.1 Å². The molecule has 0 radical (unpaired) electrons. The lowest BCUT2D eigenvalue weighted by molar-refractivity contribution is -0.122. The summed E-state index contributed by atoms with van der Waals surface area (Å²) in [4.78, 5) is 24.0. The van der Waals surface area contributed by atoms with E-state index in [9.17, 15) is 14.7 Å². The Morgan fingerprint density at radius 3 is 1.96 bits per heavy atom. The maximum atomic E-state index is 12.0. The van der Waals surface area contributed by atoms with Crippen LogP contribution in [0.5, 0.6) is 5.75 Å². The molecule has 7 nitrogen and oxygen atoms in total. The van der Waals surface area contributed by atoms with Crippen LogP contribution in [0.3, 0.4) is 0 Å². The van der Waals surface area contributed by atoms with Gasteiger partial charge in [-0.25, -0.2) is 4.79 Å². The van der Waals surface area contributed by atoms with Crippen molar-refractivity contribution in [1.29, 1.82) is 0 Å². The number of hydrogen-bond acceptors (Lipinski definition) is 4. The molecule has 0 aromatic heterocycles. The van der Waals surface area contributed by atoms with Crippen molar-refractivity contribution in [1.82, 2.24) is 5.32 Å². The van der Waals surface area contributed by atoms with Crippen LogP contribution >= 0.6 is 0 Å². The fraction of sp³-hybridized carbons (Fsp3) is 0.300. The first-order chi connectivity index (χ1) is 12.8. The zero-order valence-electron chi connectivity index (χ0n) is 15.7. The van der Waals surface area contributed by atoms with Gasteiger partial charge in [0.25, 0.3) is 0 Å². The molecule has 2 aromatic carbocycles. The van der Waals surface area contributed by atoms with Gasteiger partial charge in [-0.1, -0.05) is 12.1 Å². The minimum Gasteiger partial charge on any atom is -0.497 e. The molecular weight excluding hydrogens is 346 g/mol. The molecule has 2 rings (SSSR count). The van der Waals surface area contributed by atoms with Crippen LogP contribution in [-0.4, -0.2) is 36.3 Å². The molecule has 0 aliphatic rings. The van der Waals surface area contributed by atoms with E-state index in [1.807, 2.05) is 0 Å². The number of amides is 3. The van der Waals surface area contributed by atoms with Crippen molar-refractivity contribution in [2.45, 2.75) is 25.8 Å². The molecule has 27 heavy (non-hydrogen) atoms. The molecule has 0 unspecified atom stereocenters. The van der Waals surface area contributed by atoms with Gasteiger partial charge in [0.05, 0.1) is 25.7 Å². The Morgan fingerprint density at radius 2 is 1.48 bits per heavy atom. The number of anilines is 2. The summed E-state index contributed by atoms with van der Waals surface area (Å²) >= 11 is 0. The molecule has 0 heterocycles. The lowest BCUT2D eigenvalue weighted by Crippen LogP contribution is -2.46. The summed E-state index contributed by atoms with van der Waals surface area (Å²) in [5, 5.41) is 17.4. The number of aliphatic hydroxyl groups is 1. The fourth-order valence-corrected chi connectivity index (χ4v) is 2.32. The number of carbonyl (C=O) groups excluding carboxylic acids is 2. The summed E-state index contributed by atoms with van der Waals surface area (Å²) in [5.74, 6) is 0.537. The third-order valence-electron chi connectivity index (χ3n) is 3.80. The summed E-state index contributed by atoms with van der Waals surface area (Å²) < 4.78 is 5.07. The molecule has 0 saturated carbocycles. The van der Waals surface area contributed by atoms with E-state index in [2.05, 4.69) is 16.0 Å². The topological polar surface area (TPSA) is 99.7 Å². The van der Waals surface area contributed by atoms with E-state index in [4.69, 9.17) is 4.74 Å². The van der Waals surface area contributed by atoms with Gasteiger partial charge in [-0.3, -0.25) is 4.79 Å². The fourth-order valence-electron chi connectivity index (χ4n) is 2.32. The van der Waals surface area contributed by atoms with Crippen LogP contribution in [0.2, 0.25) is 0 Å². The third kappa shape index (κ3) is 6.63. The first-order valence-electron chi connectivity index (χ1n) is 8.54. The zero-order valence-corrected chi connectivity index (χ0v) is 15.7. The molecule has 3 amide bonds. The minimum atomic E-state index is -0.655. The van der Waals surface area contributed by atoms with E-state index < -0.39 is 5.54 Å². The van der Waals surface area contributed by atoms with Crippen molar-refractivity contribution >= 4 is 23.3 Å². The second-order valence-electron chi connectivity index (χ2n) is 6.77. The Balaban J connectivity index is 1.87. The average molecular weight is 371 g/mol. The highest BCUT2D eigenvalue weighted by Crippen LogP contribution is 2.16. The highest BCUT2D eigenvalue weighted by molar-refractivity contribution is 5.99. The standard InChI is InChI=1S/C20H25N3O4/c1-20(2,13-24)23-18(25)12-14-4-6-15(7-5-14)21-19(26)22-16-8-10-17(27-3)11-9-16/h4-11,24H,12-13H2,1-3H3,(H,23,25)(H2,21,22,26). The molecule has 0 atom stereocenters. The third-order valence-corrected chi connectivity index (χ3v) is 3.80. The zero-order chi connectivity index (χ0) is 19.9. The van der Waals surface area contributed by atoms with Gasteiger partial charge in [-0.05, 0) is 55.8 Å². The van der Waals surface area contributed by atoms with Crippen molar-refractivity contribution in [3.63, 3.8) is 0 Å². The first kappa shape index (κ1) is 20.3. The quantitative estimate of drug-likeness (QED) is 0.601. The molecule has 7 heteroatoms. The molecule has 144 valence electrons. The largest absolute Gasteiger partial charge is 0.497 e. The average Bonchev–Trinajstić information content (AvgIpc) is 2.63. The number of urea groups is 1. The molecule has 0 spiro atoms. The van der Waals surface area contributed by atoms with Crippen LogP contribution in [-0.2, 0) is 11.2 Å². The highest BCUT2D eigenvalue weighted by Gasteiger charge is 2.18. The van der Waals surface area contributed by atoms with Crippen LogP contribution in [0.1, 0.15) is 19.4 Å². The van der Waals surface area contributed by atoms with E-state index in [1.165, 1.54) is 0 Å². The van der Waals surface area contributed by atoms with E-state index in [-0.39, 0.29) is 25.0 Å². The van der Waals surface area contributed by atoms with Crippen molar-refractivity contribution in [3.05, 3.63) is 54.1 Å². The molecule has 4 N–H and O–H groups in total. The number of nitrogens with one attached hydrogen (secondary N) is 3. The second-order valence-corrected chi connectivity index (χ2v) is 6.77. The van der Waals surface area contributed by atoms with E-state index in [1.54, 1.807) is 69.5 Å². The molecule has 0 aliphatic carbocycles. The molecule has 0 fully saturated rings. The maximum Gasteiger partial charge on any atom is 0.323 e. The predicted molar refractivity (Wildman–Crippen MR) is 105 cm³/mol. The number of hydrogen-bond donors (Lipinski definition) is 4. The Hall–Kier alpha value is -3.06. The predicted octanol–water partition coefficient (Wildman–Crippen LogP) is 2.77. The SMILES string of the molecule is COc1ccc(NC(=O)Nc2ccc(CC(=O)NC(C)(C)CO)cc2)cc1. The Morgan fingerprint density at radius 1 is 0.963 bits per heavy atom. The maximum absolute atomic E-state index is 12.0. The van der Waals surface area contributed by atoms with Crippen molar-refractivity contribution in [3.8, 4) is 5.75 Å². The van der Waals surface area contributed by atoms with Crippen LogP contribution in [0.15, 0.2) is 48.5 Å². The van der Waals surface area contributed by atoms with Gasteiger partial charge in [0, 0.05) is 11.4 Å². The lowest BCUT2D eigenvalue weighted by atomic mass is 10.1. The van der Waals surface area contributed by atoms with Gasteiger partial charge >= 0.3 is 6.03 Å². The number of ether oxygens (including phenoxy) is 1. The van der Waals surface area contributed by atoms with Crippen molar-refractivity contribution < 1.29 is 19.4 Å². The lowest BCUT2D eigenvalue weighted by Gasteiger charge is -2.23. The summed E-state index contributed by atoms with van der Waals surface area (Å²) in [7, 11) is 1.58. The van der Waals surface area contributed by atoms with Gasteiger partial charge in [-0.15, -0.1) is 0 Å². The second kappa shape index (κ2) is 9.05. The monoisotopic (exact) mass is 371 g/mol. The Bertz CT molecular complexity index is 771. The van der Waals surface area contributed by atoms with Crippen LogP contribution in [0.25, 0.3) is 0 Å². The number of aliphatic hydroxyl groups excluding tert-OH is 1. The van der Waals surface area contributed by atoms with Gasteiger partial charge in [0.2, 0.25) is 5.91 Å². The minimum absolute atomic E-state index is 0.134. The summed E-state index contributed by atoms with van der Waals surface area (Å²) in [6, 6.07) is 13.6. The molecule has 0 saturated heterocycles. The van der Waals surface area contributed by atoms with E-state index >= 15 is 0 Å².